The van der Waals surface area contributed by atoms with Gasteiger partial charge in [0.1, 0.15) is 11.5 Å². The molecule has 0 aliphatic carbocycles. The lowest BCUT2D eigenvalue weighted by molar-refractivity contribution is 0.00578. The SMILES string of the molecule is COc1cc(C(F)F)ccc1B1OC(C)(C)C(C)(C)O1.COc1cc(C(F)F)ccc1Br. The molecular weight excluding hydrogens is 495 g/mol. The highest BCUT2D eigenvalue weighted by molar-refractivity contribution is 9.10. The van der Waals surface area contributed by atoms with Gasteiger partial charge in [0.2, 0.25) is 0 Å². The van der Waals surface area contributed by atoms with Crippen LogP contribution in [0.25, 0.3) is 0 Å². The topological polar surface area (TPSA) is 36.9 Å². The van der Waals surface area contributed by atoms with Gasteiger partial charge in [-0.25, -0.2) is 17.6 Å². The Balaban J connectivity index is 0.000000258. The molecule has 1 saturated heterocycles. The minimum atomic E-state index is -2.53. The van der Waals surface area contributed by atoms with E-state index in [0.717, 1.165) is 0 Å². The van der Waals surface area contributed by atoms with Crippen molar-refractivity contribution < 1.29 is 36.3 Å². The van der Waals surface area contributed by atoms with Crippen LogP contribution in [0.5, 0.6) is 11.5 Å². The molecule has 176 valence electrons. The fourth-order valence-electron chi connectivity index (χ4n) is 2.84. The van der Waals surface area contributed by atoms with Gasteiger partial charge in [0.05, 0.1) is 29.9 Å². The van der Waals surface area contributed by atoms with Crippen LogP contribution < -0.4 is 14.9 Å². The van der Waals surface area contributed by atoms with Gasteiger partial charge in [0.15, 0.2) is 0 Å². The second-order valence-corrected chi connectivity index (χ2v) is 8.94. The second-order valence-electron chi connectivity index (χ2n) is 8.09. The van der Waals surface area contributed by atoms with Crippen molar-refractivity contribution in [1.29, 1.82) is 0 Å². The largest absolute Gasteiger partial charge is 0.498 e. The molecule has 0 radical (unpaired) electrons. The quantitative estimate of drug-likeness (QED) is 0.341. The predicted molar refractivity (Wildman–Crippen MR) is 119 cm³/mol. The third kappa shape index (κ3) is 5.96. The number of benzene rings is 2. The number of alkyl halides is 4. The Hall–Kier alpha value is -1.78. The molecule has 0 spiro atoms. The summed E-state index contributed by atoms with van der Waals surface area (Å²) in [6, 6.07) is 8.48. The van der Waals surface area contributed by atoms with Crippen LogP contribution in [0.1, 0.15) is 51.7 Å². The van der Waals surface area contributed by atoms with Gasteiger partial charge >= 0.3 is 7.12 Å². The molecule has 1 heterocycles. The van der Waals surface area contributed by atoms with Crippen molar-refractivity contribution in [3.8, 4) is 11.5 Å². The first-order valence-electron chi connectivity index (χ1n) is 9.76. The highest BCUT2D eigenvalue weighted by Gasteiger charge is 2.52. The van der Waals surface area contributed by atoms with Crippen molar-refractivity contribution in [2.45, 2.75) is 51.7 Å². The lowest BCUT2D eigenvalue weighted by atomic mass is 9.78. The molecule has 3 rings (SSSR count). The zero-order valence-corrected chi connectivity index (χ0v) is 20.3. The van der Waals surface area contributed by atoms with E-state index in [1.807, 2.05) is 27.7 Å². The first-order valence-corrected chi connectivity index (χ1v) is 10.6. The summed E-state index contributed by atoms with van der Waals surface area (Å²) in [5, 5.41) is 0. The van der Waals surface area contributed by atoms with Crippen LogP contribution in [0.4, 0.5) is 17.6 Å². The smallest absolute Gasteiger partial charge is 0.497 e. The Bertz CT molecular complexity index is 909. The third-order valence-corrected chi connectivity index (χ3v) is 6.10. The normalized spacial score (nSPS) is 16.7. The van der Waals surface area contributed by atoms with Gasteiger partial charge < -0.3 is 18.8 Å². The predicted octanol–water partition coefficient (Wildman–Crippen LogP) is 6.33. The molecule has 2 aromatic carbocycles. The van der Waals surface area contributed by atoms with E-state index in [9.17, 15) is 17.6 Å². The van der Waals surface area contributed by atoms with Gasteiger partial charge in [-0.3, -0.25) is 0 Å². The number of halogens is 5. The maximum Gasteiger partial charge on any atom is 0.498 e. The zero-order valence-electron chi connectivity index (χ0n) is 18.7. The van der Waals surface area contributed by atoms with Crippen molar-refractivity contribution >= 4 is 28.5 Å². The molecule has 0 aromatic heterocycles. The van der Waals surface area contributed by atoms with Crippen LogP contribution in [-0.4, -0.2) is 32.5 Å². The molecule has 10 heteroatoms. The molecule has 0 unspecified atom stereocenters. The van der Waals surface area contributed by atoms with E-state index in [0.29, 0.717) is 21.4 Å². The third-order valence-electron chi connectivity index (χ3n) is 5.44. The van der Waals surface area contributed by atoms with Crippen LogP contribution in [0.2, 0.25) is 0 Å². The first kappa shape index (κ1) is 26.5. The van der Waals surface area contributed by atoms with Crippen molar-refractivity contribution in [2.75, 3.05) is 14.2 Å². The molecule has 0 saturated carbocycles. The van der Waals surface area contributed by atoms with Gasteiger partial charge in [-0.15, -0.1) is 0 Å². The van der Waals surface area contributed by atoms with E-state index >= 15 is 0 Å². The Morgan fingerprint density at radius 2 is 1.22 bits per heavy atom. The molecule has 0 atom stereocenters. The number of rotatable bonds is 5. The number of ether oxygens (including phenoxy) is 2. The molecule has 2 aromatic rings. The highest BCUT2D eigenvalue weighted by Crippen LogP contribution is 2.37. The standard InChI is InChI=1S/C14H19BF2O3.C8H7BrF2O/c1-13(2)14(3,4)20-15(19-13)10-7-6-9(12(16)17)8-11(10)18-5;1-12-7-4-5(8(10)11)2-3-6(7)9/h6-8,12H,1-5H3;2-4,8H,1H3. The van der Waals surface area contributed by atoms with E-state index in [1.165, 1.54) is 38.5 Å². The summed E-state index contributed by atoms with van der Waals surface area (Å²) in [6.07, 6.45) is -4.98. The Morgan fingerprint density at radius 3 is 1.66 bits per heavy atom. The van der Waals surface area contributed by atoms with E-state index in [4.69, 9.17) is 18.8 Å². The molecule has 4 nitrogen and oxygen atoms in total. The summed E-state index contributed by atoms with van der Waals surface area (Å²) >= 11 is 3.17. The molecule has 1 fully saturated rings. The van der Waals surface area contributed by atoms with Crippen molar-refractivity contribution in [2.24, 2.45) is 0 Å². The summed E-state index contributed by atoms with van der Waals surface area (Å²) in [5.41, 5.74) is -0.457. The van der Waals surface area contributed by atoms with Crippen LogP contribution in [-0.2, 0) is 9.31 Å². The number of hydrogen-bond acceptors (Lipinski definition) is 4. The van der Waals surface area contributed by atoms with E-state index < -0.39 is 31.2 Å². The number of methoxy groups -OCH3 is 2. The molecule has 32 heavy (non-hydrogen) atoms. The van der Waals surface area contributed by atoms with Crippen molar-refractivity contribution in [3.05, 3.63) is 52.0 Å². The van der Waals surface area contributed by atoms with Crippen molar-refractivity contribution in [1.82, 2.24) is 0 Å². The molecule has 0 bridgehead atoms. The van der Waals surface area contributed by atoms with E-state index in [1.54, 1.807) is 12.1 Å². The Labute approximate surface area is 194 Å². The lowest BCUT2D eigenvalue weighted by Crippen LogP contribution is -2.41. The van der Waals surface area contributed by atoms with Gasteiger partial charge in [-0.1, -0.05) is 18.2 Å². The summed E-state index contributed by atoms with van der Waals surface area (Å²) in [7, 11) is 2.26. The van der Waals surface area contributed by atoms with Crippen LogP contribution >= 0.6 is 15.9 Å². The maximum absolute atomic E-state index is 12.7. The van der Waals surface area contributed by atoms with Gasteiger partial charge in [-0.2, -0.15) is 0 Å². The Kier molecular flexibility index (Phi) is 8.64. The molecule has 0 N–H and O–H groups in total. The summed E-state index contributed by atoms with van der Waals surface area (Å²) < 4.78 is 72.3. The average Bonchev–Trinajstić information content (AvgIpc) is 2.95. The zero-order chi connectivity index (χ0) is 24.3. The second kappa shape index (κ2) is 10.4. The van der Waals surface area contributed by atoms with Gasteiger partial charge in [0, 0.05) is 16.6 Å². The minimum Gasteiger partial charge on any atom is -0.497 e. The van der Waals surface area contributed by atoms with Gasteiger partial charge in [-0.05, 0) is 61.8 Å². The Morgan fingerprint density at radius 1 is 0.781 bits per heavy atom. The first-order chi connectivity index (χ1) is 14.8. The maximum atomic E-state index is 12.7. The average molecular weight is 521 g/mol. The monoisotopic (exact) mass is 520 g/mol. The minimum absolute atomic E-state index is 0.0324. The van der Waals surface area contributed by atoms with Crippen LogP contribution in [0.3, 0.4) is 0 Å². The molecule has 1 aliphatic heterocycles. The van der Waals surface area contributed by atoms with Gasteiger partial charge in [0.25, 0.3) is 12.9 Å². The van der Waals surface area contributed by atoms with Crippen LogP contribution in [0, 0.1) is 0 Å². The fraction of sp³-hybridized carbons (Fsp3) is 0.455. The summed E-state index contributed by atoms with van der Waals surface area (Å²) in [5.74, 6) is 0.772. The molecule has 1 aliphatic rings. The van der Waals surface area contributed by atoms with Crippen LogP contribution in [0.15, 0.2) is 40.9 Å². The van der Waals surface area contributed by atoms with E-state index in [-0.39, 0.29) is 11.1 Å². The number of hydrogen-bond donors (Lipinski definition) is 0. The molecular formula is C22H26BBrF4O4. The van der Waals surface area contributed by atoms with E-state index in [2.05, 4.69) is 15.9 Å². The van der Waals surface area contributed by atoms with Crippen molar-refractivity contribution in [3.63, 3.8) is 0 Å². The fourth-order valence-corrected chi connectivity index (χ4v) is 3.25. The lowest BCUT2D eigenvalue weighted by Gasteiger charge is -2.32. The summed E-state index contributed by atoms with van der Waals surface area (Å²) in [4.78, 5) is 0. The molecule has 0 amide bonds. The highest BCUT2D eigenvalue weighted by atomic mass is 79.9. The summed E-state index contributed by atoms with van der Waals surface area (Å²) in [6.45, 7) is 7.75.